The van der Waals surface area contributed by atoms with Crippen molar-refractivity contribution >= 4 is 11.6 Å². The Labute approximate surface area is 132 Å². The van der Waals surface area contributed by atoms with Gasteiger partial charge in [-0.2, -0.15) is 0 Å². The summed E-state index contributed by atoms with van der Waals surface area (Å²) >= 11 is 6.29. The lowest BCUT2D eigenvalue weighted by atomic mass is 10.1. The molecule has 1 aliphatic heterocycles. The number of piperazine rings is 1. The second-order valence-electron chi connectivity index (χ2n) is 5.41. The molecule has 4 nitrogen and oxygen atoms in total. The molecule has 0 amide bonds. The SMILES string of the molecule is CC(c1ccccc1Cl)N1CCN(CCOCCO)CC1. The molecule has 1 N–H and O–H groups in total. The molecule has 1 aromatic rings. The number of halogens is 1. The Balaban J connectivity index is 1.77. The number of nitrogens with zero attached hydrogens (tertiary/aromatic N) is 2. The fourth-order valence-electron chi connectivity index (χ4n) is 2.75. The molecule has 1 unspecified atom stereocenters. The fourth-order valence-corrected chi connectivity index (χ4v) is 3.04. The van der Waals surface area contributed by atoms with Crippen molar-refractivity contribution in [3.63, 3.8) is 0 Å². The van der Waals surface area contributed by atoms with E-state index in [-0.39, 0.29) is 6.61 Å². The van der Waals surface area contributed by atoms with Crippen molar-refractivity contribution < 1.29 is 9.84 Å². The van der Waals surface area contributed by atoms with E-state index in [4.69, 9.17) is 21.4 Å². The van der Waals surface area contributed by atoms with Gasteiger partial charge < -0.3 is 9.84 Å². The van der Waals surface area contributed by atoms with E-state index in [1.165, 1.54) is 5.56 Å². The van der Waals surface area contributed by atoms with Gasteiger partial charge in [-0.05, 0) is 18.6 Å². The van der Waals surface area contributed by atoms with Crippen molar-refractivity contribution in [2.75, 3.05) is 52.5 Å². The zero-order chi connectivity index (χ0) is 15.1. The van der Waals surface area contributed by atoms with Gasteiger partial charge in [0.2, 0.25) is 0 Å². The van der Waals surface area contributed by atoms with Crippen molar-refractivity contribution in [3.8, 4) is 0 Å². The Morgan fingerprint density at radius 2 is 1.90 bits per heavy atom. The van der Waals surface area contributed by atoms with Crippen LogP contribution >= 0.6 is 11.6 Å². The van der Waals surface area contributed by atoms with E-state index in [2.05, 4.69) is 22.8 Å². The highest BCUT2D eigenvalue weighted by molar-refractivity contribution is 6.31. The summed E-state index contributed by atoms with van der Waals surface area (Å²) in [5.74, 6) is 0. The summed E-state index contributed by atoms with van der Waals surface area (Å²) < 4.78 is 5.32. The summed E-state index contributed by atoms with van der Waals surface area (Å²) in [6.45, 7) is 8.59. The van der Waals surface area contributed by atoms with Crippen molar-refractivity contribution in [1.29, 1.82) is 0 Å². The summed E-state index contributed by atoms with van der Waals surface area (Å²) in [5, 5.41) is 9.53. The van der Waals surface area contributed by atoms with Gasteiger partial charge in [-0.15, -0.1) is 0 Å². The molecule has 1 saturated heterocycles. The lowest BCUT2D eigenvalue weighted by Gasteiger charge is -2.38. The van der Waals surface area contributed by atoms with Crippen molar-refractivity contribution in [1.82, 2.24) is 9.80 Å². The monoisotopic (exact) mass is 312 g/mol. The van der Waals surface area contributed by atoms with Gasteiger partial charge in [0, 0.05) is 43.8 Å². The van der Waals surface area contributed by atoms with Gasteiger partial charge in [0.15, 0.2) is 0 Å². The van der Waals surface area contributed by atoms with Gasteiger partial charge in [0.25, 0.3) is 0 Å². The molecule has 1 aromatic carbocycles. The number of rotatable bonds is 7. The van der Waals surface area contributed by atoms with E-state index in [0.717, 1.165) is 37.7 Å². The molecule has 5 heteroatoms. The van der Waals surface area contributed by atoms with E-state index in [1.54, 1.807) is 0 Å². The van der Waals surface area contributed by atoms with Crippen LogP contribution in [-0.2, 0) is 4.74 Å². The van der Waals surface area contributed by atoms with Crippen LogP contribution in [0.15, 0.2) is 24.3 Å². The minimum Gasteiger partial charge on any atom is -0.394 e. The molecular weight excluding hydrogens is 288 g/mol. The van der Waals surface area contributed by atoms with Gasteiger partial charge in [0.05, 0.1) is 19.8 Å². The predicted molar refractivity (Wildman–Crippen MR) is 85.8 cm³/mol. The zero-order valence-corrected chi connectivity index (χ0v) is 13.4. The van der Waals surface area contributed by atoms with Crippen LogP contribution in [0, 0.1) is 0 Å². The number of ether oxygens (including phenoxy) is 1. The van der Waals surface area contributed by atoms with Crippen molar-refractivity contribution in [2.24, 2.45) is 0 Å². The number of hydrogen-bond donors (Lipinski definition) is 1. The maximum absolute atomic E-state index is 8.67. The first-order valence-corrected chi connectivity index (χ1v) is 7.99. The summed E-state index contributed by atoms with van der Waals surface area (Å²) in [6.07, 6.45) is 0. The van der Waals surface area contributed by atoms with Crippen LogP contribution in [0.5, 0.6) is 0 Å². The highest BCUT2D eigenvalue weighted by Gasteiger charge is 2.22. The van der Waals surface area contributed by atoms with Crippen molar-refractivity contribution in [3.05, 3.63) is 34.9 Å². The Kier molecular flexibility index (Phi) is 6.93. The Morgan fingerprint density at radius 1 is 1.19 bits per heavy atom. The molecule has 0 radical (unpaired) electrons. The minimum absolute atomic E-state index is 0.100. The van der Waals surface area contributed by atoms with Gasteiger partial charge in [0.1, 0.15) is 0 Å². The van der Waals surface area contributed by atoms with Crippen LogP contribution in [0.25, 0.3) is 0 Å². The third-order valence-corrected chi connectivity index (χ3v) is 4.44. The molecule has 1 atom stereocenters. The first-order chi connectivity index (χ1) is 10.2. The van der Waals surface area contributed by atoms with E-state index in [9.17, 15) is 0 Å². The largest absolute Gasteiger partial charge is 0.394 e. The molecule has 21 heavy (non-hydrogen) atoms. The quantitative estimate of drug-likeness (QED) is 0.782. The molecule has 0 bridgehead atoms. The van der Waals surface area contributed by atoms with Gasteiger partial charge in [-0.3, -0.25) is 9.80 Å². The Bertz CT molecular complexity index is 422. The standard InChI is InChI=1S/C16H25ClN2O2/c1-14(15-4-2-3-5-16(15)17)19-8-6-18(7-9-19)10-12-21-13-11-20/h2-5,14,20H,6-13H2,1H3. The molecule has 0 spiro atoms. The second-order valence-corrected chi connectivity index (χ2v) is 5.82. The van der Waals surface area contributed by atoms with Gasteiger partial charge in [-0.1, -0.05) is 29.8 Å². The van der Waals surface area contributed by atoms with E-state index in [0.29, 0.717) is 19.3 Å². The first-order valence-electron chi connectivity index (χ1n) is 7.62. The minimum atomic E-state index is 0.100. The summed E-state index contributed by atoms with van der Waals surface area (Å²) in [4.78, 5) is 4.89. The molecule has 2 rings (SSSR count). The first kappa shape index (κ1) is 16.7. The zero-order valence-electron chi connectivity index (χ0n) is 12.7. The summed E-state index contributed by atoms with van der Waals surface area (Å²) in [6, 6.07) is 8.45. The van der Waals surface area contributed by atoms with E-state index in [1.807, 2.05) is 18.2 Å². The lowest BCUT2D eigenvalue weighted by Crippen LogP contribution is -2.48. The highest BCUT2D eigenvalue weighted by Crippen LogP contribution is 2.27. The van der Waals surface area contributed by atoms with Crippen LogP contribution in [0.3, 0.4) is 0 Å². The predicted octanol–water partition coefficient (Wildman–Crippen LogP) is 2.03. The van der Waals surface area contributed by atoms with Crippen LogP contribution < -0.4 is 0 Å². The molecule has 0 aliphatic carbocycles. The van der Waals surface area contributed by atoms with Crippen LogP contribution in [-0.4, -0.2) is 67.5 Å². The van der Waals surface area contributed by atoms with Crippen LogP contribution in [0.4, 0.5) is 0 Å². The molecular formula is C16H25ClN2O2. The average Bonchev–Trinajstić information content (AvgIpc) is 2.52. The third kappa shape index (κ3) is 4.94. The number of aliphatic hydroxyl groups is 1. The summed E-state index contributed by atoms with van der Waals surface area (Å²) in [7, 11) is 0. The fraction of sp³-hybridized carbons (Fsp3) is 0.625. The van der Waals surface area contributed by atoms with E-state index >= 15 is 0 Å². The average molecular weight is 313 g/mol. The Morgan fingerprint density at radius 3 is 2.57 bits per heavy atom. The number of benzene rings is 1. The lowest BCUT2D eigenvalue weighted by molar-refractivity contribution is 0.0502. The topological polar surface area (TPSA) is 35.9 Å². The molecule has 0 aromatic heterocycles. The third-order valence-electron chi connectivity index (χ3n) is 4.10. The highest BCUT2D eigenvalue weighted by atomic mass is 35.5. The number of hydrogen-bond acceptors (Lipinski definition) is 4. The molecule has 1 aliphatic rings. The maximum Gasteiger partial charge on any atom is 0.0698 e. The van der Waals surface area contributed by atoms with Gasteiger partial charge >= 0.3 is 0 Å². The second kappa shape index (κ2) is 8.71. The molecule has 1 fully saturated rings. The van der Waals surface area contributed by atoms with Crippen LogP contribution in [0.1, 0.15) is 18.5 Å². The maximum atomic E-state index is 8.67. The van der Waals surface area contributed by atoms with Crippen molar-refractivity contribution in [2.45, 2.75) is 13.0 Å². The normalized spacial score (nSPS) is 18.8. The molecule has 1 heterocycles. The molecule has 0 saturated carbocycles. The van der Waals surface area contributed by atoms with Gasteiger partial charge in [-0.25, -0.2) is 0 Å². The van der Waals surface area contributed by atoms with E-state index < -0.39 is 0 Å². The number of aliphatic hydroxyl groups excluding tert-OH is 1. The smallest absolute Gasteiger partial charge is 0.0698 e. The Hall–Kier alpha value is -0.650. The summed E-state index contributed by atoms with van der Waals surface area (Å²) in [5.41, 5.74) is 1.21. The van der Waals surface area contributed by atoms with Crippen LogP contribution in [0.2, 0.25) is 5.02 Å². The molecule has 118 valence electrons.